The average molecular weight is 425 g/mol. The van der Waals surface area contributed by atoms with E-state index in [0.717, 1.165) is 29.2 Å². The molecule has 2 aromatic carbocycles. The molecule has 1 saturated heterocycles. The molecule has 1 fully saturated rings. The van der Waals surface area contributed by atoms with Crippen LogP contribution >= 0.6 is 11.6 Å². The number of aromatic nitrogens is 2. The number of amides is 1. The van der Waals surface area contributed by atoms with Crippen LogP contribution in [0.1, 0.15) is 23.0 Å². The lowest BCUT2D eigenvalue weighted by Gasteiger charge is -2.35. The molecule has 30 heavy (non-hydrogen) atoms. The average Bonchev–Trinajstić information content (AvgIpc) is 3.04. The Balaban J connectivity index is 1.57. The number of para-hydroxylation sites is 2. The van der Waals surface area contributed by atoms with Crippen molar-refractivity contribution in [1.29, 1.82) is 0 Å². The van der Waals surface area contributed by atoms with Crippen molar-refractivity contribution >= 4 is 17.5 Å². The smallest absolute Gasteiger partial charge is 0.242 e. The second-order valence-corrected chi connectivity index (χ2v) is 7.75. The molecular weight excluding hydrogens is 400 g/mol. The van der Waals surface area contributed by atoms with Crippen LogP contribution in [0.5, 0.6) is 5.75 Å². The van der Waals surface area contributed by atoms with Gasteiger partial charge in [-0.05, 0) is 38.1 Å². The van der Waals surface area contributed by atoms with E-state index in [1.807, 2.05) is 67.1 Å². The lowest BCUT2D eigenvalue weighted by Crippen LogP contribution is -2.51. The summed E-state index contributed by atoms with van der Waals surface area (Å²) in [6.45, 7) is 6.39. The molecular formula is C23H25ClN4O2. The molecule has 0 aliphatic carbocycles. The summed E-state index contributed by atoms with van der Waals surface area (Å²) < 4.78 is 7.78. The number of ether oxygens (including phenoxy) is 1. The predicted octanol–water partition coefficient (Wildman–Crippen LogP) is 3.69. The van der Waals surface area contributed by atoms with Gasteiger partial charge in [-0.3, -0.25) is 9.69 Å². The van der Waals surface area contributed by atoms with E-state index in [9.17, 15) is 4.79 Å². The van der Waals surface area contributed by atoms with Gasteiger partial charge in [-0.2, -0.15) is 5.10 Å². The molecule has 7 heteroatoms. The molecule has 1 amide bonds. The third-order valence-electron chi connectivity index (χ3n) is 5.41. The van der Waals surface area contributed by atoms with Crippen molar-refractivity contribution in [3.8, 4) is 11.4 Å². The van der Waals surface area contributed by atoms with Gasteiger partial charge in [-0.15, -0.1) is 0 Å². The Labute approximate surface area is 181 Å². The summed E-state index contributed by atoms with van der Waals surface area (Å²) in [7, 11) is 0. The van der Waals surface area contributed by atoms with Gasteiger partial charge >= 0.3 is 0 Å². The lowest BCUT2D eigenvalue weighted by atomic mass is 10.0. The van der Waals surface area contributed by atoms with Crippen LogP contribution in [-0.2, 0) is 4.79 Å². The third kappa shape index (κ3) is 4.06. The number of carbonyl (C=O) groups is 1. The quantitative estimate of drug-likeness (QED) is 0.655. The summed E-state index contributed by atoms with van der Waals surface area (Å²) in [6.07, 6.45) is 0. The Morgan fingerprint density at radius 1 is 1.13 bits per heavy atom. The maximum Gasteiger partial charge on any atom is 0.242 e. The topological polar surface area (TPSA) is 59.4 Å². The minimum Gasteiger partial charge on any atom is -0.491 e. The number of nitrogens with zero attached hydrogens (tertiary/aromatic N) is 3. The van der Waals surface area contributed by atoms with Crippen LogP contribution in [0.2, 0.25) is 5.02 Å². The summed E-state index contributed by atoms with van der Waals surface area (Å²) in [6, 6.07) is 17.0. The molecule has 0 radical (unpaired) electrons. The number of hydrogen-bond donors (Lipinski definition) is 1. The zero-order valence-electron chi connectivity index (χ0n) is 17.1. The normalized spacial score (nSPS) is 17.0. The van der Waals surface area contributed by atoms with Gasteiger partial charge < -0.3 is 10.1 Å². The van der Waals surface area contributed by atoms with Crippen molar-refractivity contribution in [2.75, 3.05) is 26.2 Å². The number of piperazine rings is 1. The van der Waals surface area contributed by atoms with Gasteiger partial charge in [-0.25, -0.2) is 4.68 Å². The maximum atomic E-state index is 12.9. The second-order valence-electron chi connectivity index (χ2n) is 7.34. The first-order chi connectivity index (χ1) is 14.6. The standard InChI is InChI=1S/C23H25ClN4O2/c1-16-21(17(2)28(26-16)18-8-4-3-5-9-18)22-23(29)25-12-13-27(22)14-15-30-20-11-7-6-10-19(20)24/h3-11,22H,12-15H2,1-2H3,(H,25,29). The van der Waals surface area contributed by atoms with Crippen molar-refractivity contribution in [2.24, 2.45) is 0 Å². The van der Waals surface area contributed by atoms with Gasteiger partial charge in [0.1, 0.15) is 18.4 Å². The molecule has 2 heterocycles. The predicted molar refractivity (Wildman–Crippen MR) is 117 cm³/mol. The number of aryl methyl sites for hydroxylation is 1. The molecule has 3 aromatic rings. The van der Waals surface area contributed by atoms with Crippen molar-refractivity contribution in [3.63, 3.8) is 0 Å². The van der Waals surface area contributed by atoms with E-state index in [0.29, 0.717) is 30.5 Å². The highest BCUT2D eigenvalue weighted by atomic mass is 35.5. The van der Waals surface area contributed by atoms with Crippen molar-refractivity contribution in [1.82, 2.24) is 20.0 Å². The number of hydrogen-bond acceptors (Lipinski definition) is 4. The van der Waals surface area contributed by atoms with Gasteiger partial charge in [-0.1, -0.05) is 41.9 Å². The Hall–Kier alpha value is -2.83. The van der Waals surface area contributed by atoms with Crippen LogP contribution in [0.4, 0.5) is 0 Å². The van der Waals surface area contributed by atoms with Gasteiger partial charge in [0.15, 0.2) is 0 Å². The molecule has 6 nitrogen and oxygen atoms in total. The monoisotopic (exact) mass is 424 g/mol. The van der Waals surface area contributed by atoms with E-state index < -0.39 is 6.04 Å². The number of nitrogens with one attached hydrogen (secondary N) is 1. The molecule has 4 rings (SSSR count). The highest BCUT2D eigenvalue weighted by molar-refractivity contribution is 6.32. The molecule has 156 valence electrons. The zero-order valence-corrected chi connectivity index (χ0v) is 17.9. The first-order valence-electron chi connectivity index (χ1n) is 10.1. The summed E-state index contributed by atoms with van der Waals surface area (Å²) in [5.74, 6) is 0.652. The number of rotatable bonds is 6. The fraction of sp³-hybridized carbons (Fsp3) is 0.304. The van der Waals surface area contributed by atoms with Gasteiger partial charge in [0.05, 0.1) is 16.4 Å². The summed E-state index contributed by atoms with van der Waals surface area (Å²) in [5.41, 5.74) is 3.76. The zero-order chi connectivity index (χ0) is 21.1. The molecule has 1 aliphatic rings. The molecule has 1 aromatic heterocycles. The van der Waals surface area contributed by atoms with Crippen LogP contribution in [0, 0.1) is 13.8 Å². The van der Waals surface area contributed by atoms with Gasteiger partial charge in [0.25, 0.3) is 0 Å². The third-order valence-corrected chi connectivity index (χ3v) is 5.72. The van der Waals surface area contributed by atoms with Crippen LogP contribution in [0.3, 0.4) is 0 Å². The Morgan fingerprint density at radius 3 is 2.63 bits per heavy atom. The minimum atomic E-state index is -0.397. The summed E-state index contributed by atoms with van der Waals surface area (Å²) in [4.78, 5) is 15.0. The van der Waals surface area contributed by atoms with Gasteiger partial charge in [0, 0.05) is 30.9 Å². The van der Waals surface area contributed by atoms with Crippen LogP contribution in [0.15, 0.2) is 54.6 Å². The highest BCUT2D eigenvalue weighted by Gasteiger charge is 2.35. The van der Waals surface area contributed by atoms with Gasteiger partial charge in [0.2, 0.25) is 5.91 Å². The Morgan fingerprint density at radius 2 is 1.87 bits per heavy atom. The Kier molecular flexibility index (Phi) is 6.06. The van der Waals surface area contributed by atoms with Crippen molar-refractivity contribution < 1.29 is 9.53 Å². The van der Waals surface area contributed by atoms with E-state index in [2.05, 4.69) is 10.2 Å². The fourth-order valence-electron chi connectivity index (χ4n) is 3.97. The maximum absolute atomic E-state index is 12.9. The van der Waals surface area contributed by atoms with E-state index in [1.54, 1.807) is 6.07 Å². The lowest BCUT2D eigenvalue weighted by molar-refractivity contribution is -0.129. The first kappa shape index (κ1) is 20.4. The van der Waals surface area contributed by atoms with Crippen molar-refractivity contribution in [3.05, 3.63) is 76.6 Å². The number of carbonyl (C=O) groups excluding carboxylic acids is 1. The molecule has 0 spiro atoms. The number of halogens is 1. The Bertz CT molecular complexity index is 1030. The van der Waals surface area contributed by atoms with E-state index in [4.69, 9.17) is 21.4 Å². The van der Waals surface area contributed by atoms with E-state index >= 15 is 0 Å². The molecule has 0 bridgehead atoms. The first-order valence-corrected chi connectivity index (χ1v) is 10.4. The van der Waals surface area contributed by atoms with Crippen LogP contribution in [0.25, 0.3) is 5.69 Å². The molecule has 1 atom stereocenters. The van der Waals surface area contributed by atoms with E-state index in [1.165, 1.54) is 0 Å². The SMILES string of the molecule is Cc1nn(-c2ccccc2)c(C)c1C1C(=O)NCCN1CCOc1ccccc1Cl. The second kappa shape index (κ2) is 8.90. The molecule has 0 saturated carbocycles. The number of benzene rings is 2. The van der Waals surface area contributed by atoms with Crippen LogP contribution < -0.4 is 10.1 Å². The summed E-state index contributed by atoms with van der Waals surface area (Å²) in [5, 5.41) is 8.31. The van der Waals surface area contributed by atoms with Crippen molar-refractivity contribution in [2.45, 2.75) is 19.9 Å². The molecule has 1 aliphatic heterocycles. The van der Waals surface area contributed by atoms with Crippen LogP contribution in [-0.4, -0.2) is 46.8 Å². The summed E-state index contributed by atoms with van der Waals surface area (Å²) >= 11 is 6.18. The highest BCUT2D eigenvalue weighted by Crippen LogP contribution is 2.30. The largest absolute Gasteiger partial charge is 0.491 e. The minimum absolute atomic E-state index is 0.00203. The van der Waals surface area contributed by atoms with E-state index in [-0.39, 0.29) is 5.91 Å². The fourth-order valence-corrected chi connectivity index (χ4v) is 4.16. The molecule has 1 N–H and O–H groups in total. The molecule has 1 unspecified atom stereocenters.